The highest BCUT2D eigenvalue weighted by molar-refractivity contribution is 5.68. The van der Waals surface area contributed by atoms with Gasteiger partial charge in [-0.2, -0.15) is 0 Å². The van der Waals surface area contributed by atoms with Gasteiger partial charge in [0.1, 0.15) is 5.60 Å². The Hall–Kier alpha value is -0.910. The number of rotatable bonds is 1. The number of likely N-dealkylation sites (tertiary alicyclic amines) is 1. The molecule has 0 unspecified atom stereocenters. The molecule has 0 bridgehead atoms. The highest BCUT2D eigenvalue weighted by Gasteiger charge is 2.48. The van der Waals surface area contributed by atoms with Crippen molar-refractivity contribution >= 4 is 6.09 Å². The van der Waals surface area contributed by atoms with Crippen LogP contribution in [0, 0.1) is 5.41 Å². The summed E-state index contributed by atoms with van der Waals surface area (Å²) in [7, 11) is 0. The number of piperidine rings is 1. The van der Waals surface area contributed by atoms with Crippen LogP contribution in [-0.2, 0) is 4.74 Å². The third kappa shape index (κ3) is 4.08. The second kappa shape index (κ2) is 4.64. The molecule has 1 aliphatic heterocycles. The van der Waals surface area contributed by atoms with E-state index >= 15 is 0 Å². The van der Waals surface area contributed by atoms with E-state index in [0.29, 0.717) is 0 Å². The number of amides is 1. The Kier molecular flexibility index (Phi) is 3.91. The Morgan fingerprint density at radius 1 is 1.39 bits per heavy atom. The monoisotopic (exact) mass is 265 g/mol. The van der Waals surface area contributed by atoms with Gasteiger partial charge >= 0.3 is 6.09 Å². The molecule has 18 heavy (non-hydrogen) atoms. The van der Waals surface area contributed by atoms with Crippen molar-refractivity contribution in [2.45, 2.75) is 45.6 Å². The second-order valence-electron chi connectivity index (χ2n) is 6.34. The first-order chi connectivity index (χ1) is 7.96. The van der Waals surface area contributed by atoms with Crippen LogP contribution >= 0.6 is 0 Å². The predicted molar refractivity (Wildman–Crippen MR) is 62.6 cm³/mol. The summed E-state index contributed by atoms with van der Waals surface area (Å²) in [5.41, 5.74) is -1.71. The highest BCUT2D eigenvalue weighted by Crippen LogP contribution is 2.38. The maximum atomic E-state index is 13.6. The Labute approximate surface area is 106 Å². The van der Waals surface area contributed by atoms with E-state index in [4.69, 9.17) is 4.74 Å². The Balaban J connectivity index is 2.80. The fourth-order valence-corrected chi connectivity index (χ4v) is 2.09. The van der Waals surface area contributed by atoms with Gasteiger partial charge in [-0.1, -0.05) is 6.92 Å². The van der Waals surface area contributed by atoms with Gasteiger partial charge in [-0.05, 0) is 20.8 Å². The molecular weight excluding hydrogens is 244 g/mol. The average molecular weight is 265 g/mol. The summed E-state index contributed by atoms with van der Waals surface area (Å²) in [6, 6.07) is 0. The van der Waals surface area contributed by atoms with E-state index in [1.54, 1.807) is 20.8 Å². The summed E-state index contributed by atoms with van der Waals surface area (Å²) in [6.45, 7) is 5.61. The van der Waals surface area contributed by atoms with E-state index < -0.39 is 36.0 Å². The molecule has 0 spiro atoms. The molecule has 1 atom stereocenters. The molecular formula is C12H21F2NO3. The van der Waals surface area contributed by atoms with Crippen molar-refractivity contribution in [1.82, 2.24) is 4.90 Å². The quantitative estimate of drug-likeness (QED) is 0.791. The maximum absolute atomic E-state index is 13.6. The number of nitrogens with zero attached hydrogens (tertiary/aromatic N) is 1. The highest BCUT2D eigenvalue weighted by atomic mass is 19.3. The Morgan fingerprint density at radius 2 is 1.94 bits per heavy atom. The van der Waals surface area contributed by atoms with Gasteiger partial charge < -0.3 is 14.7 Å². The molecule has 4 nitrogen and oxygen atoms in total. The fraction of sp³-hybridized carbons (Fsp3) is 0.917. The number of hydrogen-bond acceptors (Lipinski definition) is 3. The second-order valence-corrected chi connectivity index (χ2v) is 6.34. The molecule has 0 aromatic heterocycles. The minimum absolute atomic E-state index is 0.0774. The number of alkyl halides is 2. The van der Waals surface area contributed by atoms with Crippen molar-refractivity contribution in [3.05, 3.63) is 0 Å². The molecule has 0 aromatic rings. The Bertz CT molecular complexity index is 328. The molecule has 1 fully saturated rings. The van der Waals surface area contributed by atoms with E-state index in [2.05, 4.69) is 0 Å². The minimum atomic E-state index is -2.99. The average Bonchev–Trinajstić information content (AvgIpc) is 2.12. The zero-order valence-electron chi connectivity index (χ0n) is 11.3. The van der Waals surface area contributed by atoms with Gasteiger partial charge in [-0.15, -0.1) is 0 Å². The molecule has 1 aliphatic rings. The normalized spacial score (nSPS) is 28.1. The summed E-state index contributed by atoms with van der Waals surface area (Å²) < 4.78 is 32.2. The molecule has 0 saturated carbocycles. The van der Waals surface area contributed by atoms with Crippen molar-refractivity contribution in [1.29, 1.82) is 0 Å². The minimum Gasteiger partial charge on any atom is -0.444 e. The van der Waals surface area contributed by atoms with Crippen LogP contribution in [0.1, 0.15) is 34.1 Å². The number of aliphatic hydroxyl groups excluding tert-OH is 1. The van der Waals surface area contributed by atoms with Crippen molar-refractivity contribution in [2.75, 3.05) is 19.7 Å². The SMILES string of the molecule is CC(C)(C)OC(=O)N1CC(F)(F)C[C@@](C)(CO)C1. The number of carbonyl (C=O) groups is 1. The lowest BCUT2D eigenvalue weighted by atomic mass is 9.81. The summed E-state index contributed by atoms with van der Waals surface area (Å²) in [5, 5.41) is 9.20. The van der Waals surface area contributed by atoms with Gasteiger partial charge in [0.2, 0.25) is 0 Å². The van der Waals surface area contributed by atoms with Crippen LogP contribution in [0.25, 0.3) is 0 Å². The van der Waals surface area contributed by atoms with Crippen LogP contribution < -0.4 is 0 Å². The zero-order chi connectivity index (χ0) is 14.2. The lowest BCUT2D eigenvalue weighted by molar-refractivity contribution is -0.120. The third-order valence-electron chi connectivity index (χ3n) is 2.71. The van der Waals surface area contributed by atoms with Crippen LogP contribution in [0.4, 0.5) is 13.6 Å². The summed E-state index contributed by atoms with van der Waals surface area (Å²) in [5.74, 6) is -2.99. The molecule has 0 radical (unpaired) electrons. The number of halogens is 2. The van der Waals surface area contributed by atoms with Gasteiger partial charge in [-0.3, -0.25) is 0 Å². The Morgan fingerprint density at radius 3 is 2.39 bits per heavy atom. The van der Waals surface area contributed by atoms with Crippen molar-refractivity contribution in [3.8, 4) is 0 Å². The van der Waals surface area contributed by atoms with Crippen LogP contribution in [0.5, 0.6) is 0 Å². The van der Waals surface area contributed by atoms with Gasteiger partial charge in [-0.25, -0.2) is 13.6 Å². The lowest BCUT2D eigenvalue weighted by Crippen LogP contribution is -2.55. The van der Waals surface area contributed by atoms with E-state index in [0.717, 1.165) is 4.90 Å². The van der Waals surface area contributed by atoms with Crippen molar-refractivity contribution in [2.24, 2.45) is 5.41 Å². The van der Waals surface area contributed by atoms with E-state index in [9.17, 15) is 18.7 Å². The van der Waals surface area contributed by atoms with Crippen molar-refractivity contribution < 1.29 is 23.4 Å². The predicted octanol–water partition coefficient (Wildman–Crippen LogP) is 2.26. The standard InChI is InChI=1S/C12H21F2NO3/c1-10(2,3)18-9(17)15-6-11(4,8-16)5-12(13,14)7-15/h16H,5-8H2,1-4H3/t11-/m1/s1. The molecule has 1 heterocycles. The number of hydrogen-bond donors (Lipinski definition) is 1. The summed E-state index contributed by atoms with van der Waals surface area (Å²) in [4.78, 5) is 12.8. The van der Waals surface area contributed by atoms with Crippen LogP contribution in [0.15, 0.2) is 0 Å². The summed E-state index contributed by atoms with van der Waals surface area (Å²) in [6.07, 6.45) is -1.18. The van der Waals surface area contributed by atoms with E-state index in [1.807, 2.05) is 0 Å². The maximum Gasteiger partial charge on any atom is 0.410 e. The first-order valence-electron chi connectivity index (χ1n) is 5.93. The van der Waals surface area contributed by atoms with Crippen LogP contribution in [0.3, 0.4) is 0 Å². The molecule has 1 N–H and O–H groups in total. The number of aliphatic hydroxyl groups is 1. The number of ether oxygens (including phenoxy) is 1. The third-order valence-corrected chi connectivity index (χ3v) is 2.71. The van der Waals surface area contributed by atoms with Gasteiger partial charge in [0.05, 0.1) is 13.2 Å². The smallest absolute Gasteiger partial charge is 0.410 e. The van der Waals surface area contributed by atoms with E-state index in [-0.39, 0.29) is 13.2 Å². The van der Waals surface area contributed by atoms with Crippen molar-refractivity contribution in [3.63, 3.8) is 0 Å². The number of carbonyl (C=O) groups excluding carboxylic acids is 1. The molecule has 0 aromatic carbocycles. The largest absolute Gasteiger partial charge is 0.444 e. The molecule has 6 heteroatoms. The van der Waals surface area contributed by atoms with E-state index in [1.165, 1.54) is 6.92 Å². The van der Waals surface area contributed by atoms with Gasteiger partial charge in [0.25, 0.3) is 5.92 Å². The van der Waals surface area contributed by atoms with Crippen LogP contribution in [-0.4, -0.2) is 47.3 Å². The molecule has 106 valence electrons. The first-order valence-corrected chi connectivity index (χ1v) is 5.93. The molecule has 0 aliphatic carbocycles. The van der Waals surface area contributed by atoms with Crippen LogP contribution in [0.2, 0.25) is 0 Å². The zero-order valence-corrected chi connectivity index (χ0v) is 11.3. The lowest BCUT2D eigenvalue weighted by Gasteiger charge is -2.43. The van der Waals surface area contributed by atoms with Gasteiger partial charge in [0.15, 0.2) is 0 Å². The first kappa shape index (κ1) is 15.1. The molecule has 1 amide bonds. The summed E-state index contributed by atoms with van der Waals surface area (Å²) >= 11 is 0. The van der Waals surface area contributed by atoms with Gasteiger partial charge in [0, 0.05) is 18.4 Å². The topological polar surface area (TPSA) is 49.8 Å². The molecule has 1 saturated heterocycles. The molecule has 1 rings (SSSR count). The fourth-order valence-electron chi connectivity index (χ4n) is 2.09.